The number of hydrogen-bond acceptors (Lipinski definition) is 2. The summed E-state index contributed by atoms with van der Waals surface area (Å²) in [4.78, 5) is 0. The summed E-state index contributed by atoms with van der Waals surface area (Å²) in [6, 6.07) is 0. The SMILES string of the molecule is C1CCCCC1.[O]=[Sb]([OH])([OH])[O]Cl. The van der Waals surface area contributed by atoms with Crippen molar-refractivity contribution in [3.05, 3.63) is 0 Å². The maximum absolute atomic E-state index is 9.43. The van der Waals surface area contributed by atoms with Crippen molar-refractivity contribution in [2.45, 2.75) is 38.5 Å². The minimum absolute atomic E-state index is 1.50. The predicted molar refractivity (Wildman–Crippen MR) is 45.5 cm³/mol. The van der Waals surface area contributed by atoms with Crippen molar-refractivity contribution < 1.29 is 12.4 Å². The molecule has 1 rings (SSSR count). The second-order valence-electron chi connectivity index (χ2n) is 2.68. The summed E-state index contributed by atoms with van der Waals surface area (Å²) >= 11 is -0.878. The van der Waals surface area contributed by atoms with Crippen molar-refractivity contribution in [3.63, 3.8) is 0 Å². The molecule has 2 N–H and O–H groups in total. The van der Waals surface area contributed by atoms with Crippen molar-refractivity contribution in [3.8, 4) is 0 Å². The van der Waals surface area contributed by atoms with Crippen LogP contribution in [0.3, 0.4) is 0 Å². The predicted octanol–water partition coefficient (Wildman–Crippen LogP) is 1.35. The maximum atomic E-state index is 9.43. The Hall–Kier alpha value is 0.788. The van der Waals surface area contributed by atoms with E-state index in [0.29, 0.717) is 0 Å². The molecule has 1 fully saturated rings. The van der Waals surface area contributed by atoms with Gasteiger partial charge in [0, 0.05) is 0 Å². The molecule has 0 heterocycles. The molecule has 0 aliphatic heterocycles. The molecule has 0 atom stereocenters. The van der Waals surface area contributed by atoms with Crippen LogP contribution in [0.4, 0.5) is 0 Å². The van der Waals surface area contributed by atoms with Crippen molar-refractivity contribution >= 4 is 31.9 Å². The van der Waals surface area contributed by atoms with E-state index in [-0.39, 0.29) is 0 Å². The molecule has 0 unspecified atom stereocenters. The van der Waals surface area contributed by atoms with E-state index in [4.69, 9.17) is 6.77 Å². The average molecular weight is 307 g/mol. The van der Waals surface area contributed by atoms with E-state index in [9.17, 15) is 3.02 Å². The Labute approximate surface area is 82.7 Å². The van der Waals surface area contributed by atoms with Crippen molar-refractivity contribution in [1.82, 2.24) is 0 Å². The molecule has 1 aliphatic rings. The van der Waals surface area contributed by atoms with E-state index in [0.717, 1.165) is 0 Å². The molecule has 0 aromatic heterocycles. The van der Waals surface area contributed by atoms with Crippen molar-refractivity contribution in [2.24, 2.45) is 0 Å². The first kappa shape index (κ1) is 12.8. The molecule has 1 aliphatic carbocycles. The van der Waals surface area contributed by atoms with Gasteiger partial charge in [-0.15, -0.1) is 0 Å². The fourth-order valence-electron chi connectivity index (χ4n) is 1.06. The Balaban J connectivity index is 0.000000202. The van der Waals surface area contributed by atoms with Gasteiger partial charge in [0.15, 0.2) is 0 Å². The summed E-state index contributed by atoms with van der Waals surface area (Å²) in [7, 11) is 0. The Morgan fingerprint density at radius 1 is 1.00 bits per heavy atom. The zero-order chi connectivity index (χ0) is 9.45. The third kappa shape index (κ3) is 10.8. The summed E-state index contributed by atoms with van der Waals surface area (Å²) in [6.07, 6.45) is 9.00. The molecule has 0 aromatic carbocycles. The van der Waals surface area contributed by atoms with Crippen LogP contribution < -0.4 is 0 Å². The Morgan fingerprint density at radius 3 is 1.25 bits per heavy atom. The van der Waals surface area contributed by atoms with Gasteiger partial charge in [-0.3, -0.25) is 0 Å². The van der Waals surface area contributed by atoms with E-state index in [2.05, 4.69) is 14.4 Å². The molecular weight excluding hydrogens is 293 g/mol. The summed E-state index contributed by atoms with van der Waals surface area (Å²) in [5, 5.41) is 0. The van der Waals surface area contributed by atoms with E-state index < -0.39 is 20.1 Å². The molecule has 0 saturated heterocycles. The Bertz CT molecular complexity index is 131. The van der Waals surface area contributed by atoms with Crippen LogP contribution in [0, 0.1) is 0 Å². The molecule has 4 nitrogen and oxygen atoms in total. The normalized spacial score (nSPS) is 17.9. The molecule has 1 saturated carbocycles. The minimum atomic E-state index is -5.13. The van der Waals surface area contributed by atoms with Crippen LogP contribution >= 0.6 is 11.9 Å². The fraction of sp³-hybridized carbons (Fsp3) is 1.00. The topological polar surface area (TPSA) is 66.8 Å². The summed E-state index contributed by atoms with van der Waals surface area (Å²) in [5.74, 6) is 0. The van der Waals surface area contributed by atoms with Gasteiger partial charge in [-0.05, 0) is 0 Å². The van der Waals surface area contributed by atoms with E-state index >= 15 is 0 Å². The molecule has 0 amide bonds. The van der Waals surface area contributed by atoms with Gasteiger partial charge in [-0.1, -0.05) is 38.5 Å². The Kier molecular flexibility index (Phi) is 7.69. The molecule has 0 radical (unpaired) electrons. The number of hydrogen-bond donors (Lipinski definition) is 2. The van der Waals surface area contributed by atoms with Gasteiger partial charge in [0.1, 0.15) is 0 Å². The van der Waals surface area contributed by atoms with Crippen molar-refractivity contribution in [2.75, 3.05) is 0 Å². The van der Waals surface area contributed by atoms with Crippen LogP contribution in [-0.4, -0.2) is 26.8 Å². The standard InChI is InChI=1S/C6H12.ClO.2H2O.O.Sb/c1-2-4-6-5-3-1;1-2;;;;/h1-6H2;;2*1H2;;/q;-1;;;;+3/p-2. The van der Waals surface area contributed by atoms with Gasteiger partial charge < -0.3 is 0 Å². The van der Waals surface area contributed by atoms with Crippen LogP contribution in [0.2, 0.25) is 0 Å². The summed E-state index contributed by atoms with van der Waals surface area (Å²) in [5.41, 5.74) is 0. The first-order valence-corrected chi connectivity index (χ1v) is 8.60. The van der Waals surface area contributed by atoms with Gasteiger partial charge in [0.2, 0.25) is 0 Å². The van der Waals surface area contributed by atoms with Crippen molar-refractivity contribution in [1.29, 1.82) is 0 Å². The third-order valence-electron chi connectivity index (χ3n) is 1.59. The van der Waals surface area contributed by atoms with Crippen LogP contribution in [0.15, 0.2) is 0 Å². The molecule has 74 valence electrons. The van der Waals surface area contributed by atoms with Gasteiger partial charge in [0.05, 0.1) is 0 Å². The van der Waals surface area contributed by atoms with Crippen LogP contribution in [0.5, 0.6) is 0 Å². The molecule has 6 heteroatoms. The first-order chi connectivity index (χ1) is 5.56. The molecular formula is C6H14ClO4Sb. The zero-order valence-corrected chi connectivity index (χ0v) is 10.1. The molecule has 0 aromatic rings. The zero-order valence-electron chi connectivity index (χ0n) is 6.78. The van der Waals surface area contributed by atoms with E-state index in [1.165, 1.54) is 38.5 Å². The van der Waals surface area contributed by atoms with E-state index in [1.807, 2.05) is 0 Å². The Morgan fingerprint density at radius 2 is 1.17 bits per heavy atom. The third-order valence-corrected chi connectivity index (χ3v) is 3.31. The quantitative estimate of drug-likeness (QED) is 0.718. The van der Waals surface area contributed by atoms with Crippen LogP contribution in [0.1, 0.15) is 38.5 Å². The second kappa shape index (κ2) is 7.22. The van der Waals surface area contributed by atoms with E-state index in [1.54, 1.807) is 0 Å². The van der Waals surface area contributed by atoms with Crippen LogP contribution in [0.25, 0.3) is 0 Å². The van der Waals surface area contributed by atoms with Gasteiger partial charge >= 0.3 is 44.3 Å². The number of halogens is 1. The first-order valence-electron chi connectivity index (χ1n) is 3.92. The average Bonchev–Trinajstić information content (AvgIpc) is 2.07. The fourth-order valence-corrected chi connectivity index (χ4v) is 1.06. The van der Waals surface area contributed by atoms with Gasteiger partial charge in [-0.2, -0.15) is 0 Å². The number of rotatable bonds is 1. The van der Waals surface area contributed by atoms with Gasteiger partial charge in [0.25, 0.3) is 0 Å². The summed E-state index contributed by atoms with van der Waals surface area (Å²) < 4.78 is 27.9. The molecule has 12 heavy (non-hydrogen) atoms. The monoisotopic (exact) mass is 306 g/mol. The second-order valence-corrected chi connectivity index (χ2v) is 6.80. The van der Waals surface area contributed by atoms with Gasteiger partial charge in [-0.25, -0.2) is 0 Å². The van der Waals surface area contributed by atoms with Crippen LogP contribution in [-0.2, 0) is 5.59 Å². The molecule has 0 bridgehead atoms. The summed E-state index contributed by atoms with van der Waals surface area (Å²) in [6.45, 7) is 0. The molecule has 0 spiro atoms.